The average molecular weight is 298 g/mol. The third kappa shape index (κ3) is 3.31. The highest BCUT2D eigenvalue weighted by molar-refractivity contribution is 7.89. The van der Waals surface area contributed by atoms with Crippen LogP contribution in [0.3, 0.4) is 0 Å². The van der Waals surface area contributed by atoms with E-state index in [2.05, 4.69) is 5.32 Å². The summed E-state index contributed by atoms with van der Waals surface area (Å²) in [6.45, 7) is 7.68. The molecule has 0 aliphatic carbocycles. The number of nitrogens with one attached hydrogen (secondary N) is 1. The van der Waals surface area contributed by atoms with Gasteiger partial charge >= 0.3 is 0 Å². The summed E-state index contributed by atoms with van der Waals surface area (Å²) in [4.78, 5) is 0.322. The minimum Gasteiger partial charge on any atom is -0.491 e. The molecule has 0 aromatic heterocycles. The maximum atomic E-state index is 12.6. The van der Waals surface area contributed by atoms with Gasteiger partial charge in [0.15, 0.2) is 0 Å². The smallest absolute Gasteiger partial charge is 0.243 e. The fourth-order valence-electron chi connectivity index (χ4n) is 2.28. The Morgan fingerprint density at radius 3 is 2.50 bits per heavy atom. The molecule has 0 saturated carbocycles. The SMILES string of the molecule is CC(C)Oc1ccc(S(=O)(=O)N2CCNCC2C)cc1. The fourth-order valence-corrected chi connectivity index (χ4v) is 3.91. The molecular formula is C14H22N2O3S. The van der Waals surface area contributed by atoms with Gasteiger partial charge in [-0.1, -0.05) is 0 Å². The molecule has 2 rings (SSSR count). The van der Waals surface area contributed by atoms with Gasteiger partial charge in [-0.15, -0.1) is 0 Å². The fraction of sp³-hybridized carbons (Fsp3) is 0.571. The van der Waals surface area contributed by atoms with Gasteiger partial charge in [0.2, 0.25) is 10.0 Å². The highest BCUT2D eigenvalue weighted by Gasteiger charge is 2.30. The first-order valence-electron chi connectivity index (χ1n) is 6.90. The quantitative estimate of drug-likeness (QED) is 0.914. The molecule has 1 atom stereocenters. The Labute approximate surface area is 121 Å². The lowest BCUT2D eigenvalue weighted by molar-refractivity contribution is 0.242. The van der Waals surface area contributed by atoms with Crippen LogP contribution < -0.4 is 10.1 Å². The highest BCUT2D eigenvalue weighted by Crippen LogP contribution is 2.22. The van der Waals surface area contributed by atoms with Gasteiger partial charge in [-0.05, 0) is 45.0 Å². The van der Waals surface area contributed by atoms with Crippen LogP contribution in [-0.4, -0.2) is 44.5 Å². The largest absolute Gasteiger partial charge is 0.491 e. The number of sulfonamides is 1. The molecule has 1 saturated heterocycles. The Hall–Kier alpha value is -1.11. The summed E-state index contributed by atoms with van der Waals surface area (Å²) >= 11 is 0. The number of ether oxygens (including phenoxy) is 1. The van der Waals surface area contributed by atoms with Gasteiger partial charge in [-0.25, -0.2) is 8.42 Å². The van der Waals surface area contributed by atoms with Crippen LogP contribution in [0.5, 0.6) is 5.75 Å². The molecule has 112 valence electrons. The first-order valence-corrected chi connectivity index (χ1v) is 8.34. The van der Waals surface area contributed by atoms with Gasteiger partial charge in [-0.3, -0.25) is 0 Å². The van der Waals surface area contributed by atoms with E-state index in [1.807, 2.05) is 20.8 Å². The van der Waals surface area contributed by atoms with Crippen molar-refractivity contribution in [3.05, 3.63) is 24.3 Å². The summed E-state index contributed by atoms with van der Waals surface area (Å²) in [6.07, 6.45) is 0.0747. The minimum atomic E-state index is -3.42. The van der Waals surface area contributed by atoms with Crippen molar-refractivity contribution in [1.29, 1.82) is 0 Å². The van der Waals surface area contributed by atoms with Crippen LogP contribution in [0.1, 0.15) is 20.8 Å². The molecule has 1 heterocycles. The number of piperazine rings is 1. The van der Waals surface area contributed by atoms with Crippen molar-refractivity contribution in [2.24, 2.45) is 0 Å². The molecule has 1 unspecified atom stereocenters. The second-order valence-corrected chi connectivity index (χ2v) is 7.20. The molecule has 0 bridgehead atoms. The van der Waals surface area contributed by atoms with E-state index in [9.17, 15) is 8.42 Å². The molecule has 1 N–H and O–H groups in total. The van der Waals surface area contributed by atoms with Crippen molar-refractivity contribution in [1.82, 2.24) is 9.62 Å². The van der Waals surface area contributed by atoms with Crippen LogP contribution in [0.2, 0.25) is 0 Å². The predicted molar refractivity (Wildman–Crippen MR) is 78.4 cm³/mol. The van der Waals surface area contributed by atoms with Gasteiger partial charge in [-0.2, -0.15) is 4.31 Å². The summed E-state index contributed by atoms with van der Waals surface area (Å²) in [6, 6.07) is 6.61. The van der Waals surface area contributed by atoms with Gasteiger partial charge in [0.25, 0.3) is 0 Å². The van der Waals surface area contributed by atoms with Crippen LogP contribution in [0.15, 0.2) is 29.2 Å². The molecular weight excluding hydrogens is 276 g/mol. The summed E-state index contributed by atoms with van der Waals surface area (Å²) in [7, 11) is -3.42. The number of rotatable bonds is 4. The zero-order valence-electron chi connectivity index (χ0n) is 12.2. The third-order valence-electron chi connectivity index (χ3n) is 3.24. The van der Waals surface area contributed by atoms with Gasteiger partial charge < -0.3 is 10.1 Å². The number of nitrogens with zero attached hydrogens (tertiary/aromatic N) is 1. The van der Waals surface area contributed by atoms with Crippen molar-refractivity contribution in [3.63, 3.8) is 0 Å². The van der Waals surface area contributed by atoms with E-state index in [1.54, 1.807) is 28.6 Å². The predicted octanol–water partition coefficient (Wildman–Crippen LogP) is 1.46. The molecule has 1 aromatic carbocycles. The summed E-state index contributed by atoms with van der Waals surface area (Å²) < 4.78 is 32.3. The molecule has 5 nitrogen and oxygen atoms in total. The molecule has 1 aromatic rings. The highest BCUT2D eigenvalue weighted by atomic mass is 32.2. The summed E-state index contributed by atoms with van der Waals surface area (Å²) in [5.41, 5.74) is 0. The first-order chi connectivity index (χ1) is 9.41. The zero-order chi connectivity index (χ0) is 14.8. The number of hydrogen-bond acceptors (Lipinski definition) is 4. The molecule has 1 aliphatic rings. The van der Waals surface area contributed by atoms with Crippen molar-refractivity contribution in [2.45, 2.75) is 37.8 Å². The average Bonchev–Trinajstić information content (AvgIpc) is 2.39. The Kier molecular flexibility index (Phi) is 4.67. The zero-order valence-corrected chi connectivity index (χ0v) is 13.0. The van der Waals surface area contributed by atoms with Gasteiger partial charge in [0.05, 0.1) is 11.0 Å². The molecule has 6 heteroatoms. The van der Waals surface area contributed by atoms with E-state index in [-0.39, 0.29) is 12.1 Å². The summed E-state index contributed by atoms with van der Waals surface area (Å²) in [5, 5.41) is 3.19. The van der Waals surface area contributed by atoms with E-state index in [1.165, 1.54) is 0 Å². The topological polar surface area (TPSA) is 58.6 Å². The van der Waals surface area contributed by atoms with Crippen molar-refractivity contribution >= 4 is 10.0 Å². The lowest BCUT2D eigenvalue weighted by Gasteiger charge is -2.32. The Bertz CT molecular complexity index is 540. The second kappa shape index (κ2) is 6.11. The van der Waals surface area contributed by atoms with Crippen LogP contribution in [-0.2, 0) is 10.0 Å². The Morgan fingerprint density at radius 2 is 1.95 bits per heavy atom. The van der Waals surface area contributed by atoms with Crippen LogP contribution in [0, 0.1) is 0 Å². The standard InChI is InChI=1S/C14H22N2O3S/c1-11(2)19-13-4-6-14(7-5-13)20(17,18)16-9-8-15-10-12(16)3/h4-7,11-12,15H,8-10H2,1-3H3. The first kappa shape index (κ1) is 15.3. The van der Waals surface area contributed by atoms with Crippen LogP contribution in [0.4, 0.5) is 0 Å². The molecule has 0 radical (unpaired) electrons. The second-order valence-electron chi connectivity index (χ2n) is 5.31. The molecule has 0 amide bonds. The van der Waals surface area contributed by atoms with Gasteiger partial charge in [0, 0.05) is 25.7 Å². The Balaban J connectivity index is 2.21. The van der Waals surface area contributed by atoms with Crippen LogP contribution in [0.25, 0.3) is 0 Å². The molecule has 20 heavy (non-hydrogen) atoms. The normalized spacial score (nSPS) is 21.1. The van der Waals surface area contributed by atoms with E-state index in [0.717, 1.165) is 0 Å². The maximum absolute atomic E-state index is 12.6. The third-order valence-corrected chi connectivity index (χ3v) is 5.27. The maximum Gasteiger partial charge on any atom is 0.243 e. The molecule has 1 aliphatic heterocycles. The molecule has 0 spiro atoms. The van der Waals surface area contributed by atoms with Crippen molar-refractivity contribution in [2.75, 3.05) is 19.6 Å². The van der Waals surface area contributed by atoms with E-state index in [0.29, 0.717) is 30.3 Å². The van der Waals surface area contributed by atoms with Gasteiger partial charge in [0.1, 0.15) is 5.75 Å². The van der Waals surface area contributed by atoms with E-state index in [4.69, 9.17) is 4.74 Å². The monoisotopic (exact) mass is 298 g/mol. The van der Waals surface area contributed by atoms with E-state index < -0.39 is 10.0 Å². The number of hydrogen-bond donors (Lipinski definition) is 1. The van der Waals surface area contributed by atoms with E-state index >= 15 is 0 Å². The van der Waals surface area contributed by atoms with Crippen LogP contribution >= 0.6 is 0 Å². The Morgan fingerprint density at radius 1 is 1.30 bits per heavy atom. The lowest BCUT2D eigenvalue weighted by atomic mass is 10.3. The van der Waals surface area contributed by atoms with Crippen molar-refractivity contribution in [3.8, 4) is 5.75 Å². The summed E-state index contributed by atoms with van der Waals surface area (Å²) in [5.74, 6) is 0.687. The molecule has 1 fully saturated rings. The lowest BCUT2D eigenvalue weighted by Crippen LogP contribution is -2.52. The van der Waals surface area contributed by atoms with Crippen molar-refractivity contribution < 1.29 is 13.2 Å². The minimum absolute atomic E-state index is 0.0275. The number of benzene rings is 1.